The fourth-order valence-corrected chi connectivity index (χ4v) is 4.40. The molecule has 7 heteroatoms. The highest BCUT2D eigenvalue weighted by Crippen LogP contribution is 2.42. The molecule has 0 amide bonds. The van der Waals surface area contributed by atoms with Crippen LogP contribution in [0.4, 0.5) is 0 Å². The smallest absolute Gasteiger partial charge is 0.203 e. The number of benzene rings is 2. The molecule has 1 fully saturated rings. The zero-order valence-electron chi connectivity index (χ0n) is 14.5. The summed E-state index contributed by atoms with van der Waals surface area (Å²) in [4.78, 5) is 14.0. The van der Waals surface area contributed by atoms with E-state index in [1.165, 1.54) is 6.20 Å². The summed E-state index contributed by atoms with van der Waals surface area (Å²) in [7, 11) is 1.54. The summed E-state index contributed by atoms with van der Waals surface area (Å²) in [5.74, 6) is 1.17. The number of methoxy groups -OCH3 is 1. The second-order valence-electron chi connectivity index (χ2n) is 6.30. The summed E-state index contributed by atoms with van der Waals surface area (Å²) in [6.45, 7) is 0. The third-order valence-electron chi connectivity index (χ3n) is 4.43. The van der Waals surface area contributed by atoms with Crippen LogP contribution in [0.2, 0.25) is 5.02 Å². The van der Waals surface area contributed by atoms with E-state index in [1.807, 2.05) is 0 Å². The van der Waals surface area contributed by atoms with Crippen LogP contribution in [0.1, 0.15) is 40.4 Å². The minimum absolute atomic E-state index is 0.242. The molecule has 4 rings (SSSR count). The van der Waals surface area contributed by atoms with Crippen LogP contribution in [0.15, 0.2) is 63.0 Å². The minimum atomic E-state index is -1.60. The summed E-state index contributed by atoms with van der Waals surface area (Å²) in [6, 6.07) is 11.7. The second kappa shape index (κ2) is 7.38. The maximum Gasteiger partial charge on any atom is 0.203 e. The lowest BCUT2D eigenvalue weighted by molar-refractivity contribution is 0.103. The maximum absolute atomic E-state index is 13.2. The highest BCUT2D eigenvalue weighted by molar-refractivity contribution is 7.91. The van der Waals surface area contributed by atoms with E-state index >= 15 is 0 Å². The van der Waals surface area contributed by atoms with Crippen LogP contribution >= 0.6 is 11.6 Å². The van der Waals surface area contributed by atoms with Gasteiger partial charge in [-0.15, -0.1) is 0 Å². The zero-order valence-corrected chi connectivity index (χ0v) is 16.0. The van der Waals surface area contributed by atoms with Gasteiger partial charge in [-0.05, 0) is 37.1 Å². The zero-order chi connectivity index (χ0) is 19.0. The minimum Gasteiger partial charge on any atom is -0.606 e. The molecule has 0 radical (unpaired) electrons. The molecule has 1 heterocycles. The Kier molecular flexibility index (Phi) is 4.95. The number of ketones is 1. The number of carbonyl (C=O) groups is 1. The van der Waals surface area contributed by atoms with Gasteiger partial charge in [0.1, 0.15) is 5.75 Å². The van der Waals surface area contributed by atoms with Crippen molar-refractivity contribution < 1.29 is 18.6 Å². The average molecular weight is 402 g/mol. The van der Waals surface area contributed by atoms with Crippen LogP contribution in [-0.2, 0) is 11.2 Å². The molecule has 0 N–H and O–H groups in total. The Labute approximate surface area is 164 Å². The molecular formula is C20H16ClNO4S. The van der Waals surface area contributed by atoms with Gasteiger partial charge in [0.25, 0.3) is 0 Å². The van der Waals surface area contributed by atoms with Crippen molar-refractivity contribution in [1.29, 1.82) is 0 Å². The van der Waals surface area contributed by atoms with E-state index in [9.17, 15) is 9.35 Å². The fourth-order valence-electron chi connectivity index (χ4n) is 2.88. The Morgan fingerprint density at radius 3 is 2.81 bits per heavy atom. The lowest BCUT2D eigenvalue weighted by atomic mass is 10.0. The first-order chi connectivity index (χ1) is 13.1. The summed E-state index contributed by atoms with van der Waals surface area (Å²) in [5, 5.41) is 4.20. The highest BCUT2D eigenvalue weighted by Gasteiger charge is 2.34. The van der Waals surface area contributed by atoms with Gasteiger partial charge in [0.15, 0.2) is 15.6 Å². The third kappa shape index (κ3) is 3.60. The molecule has 3 aromatic rings. The molecule has 138 valence electrons. The molecule has 0 spiro atoms. The molecule has 0 saturated heterocycles. The number of hydrogen-bond donors (Lipinski definition) is 0. The number of nitrogens with zero attached hydrogens (tertiary/aromatic N) is 1. The van der Waals surface area contributed by atoms with Crippen LogP contribution in [0.25, 0.3) is 0 Å². The second-order valence-corrected chi connectivity index (χ2v) is 8.18. The predicted molar refractivity (Wildman–Crippen MR) is 101 cm³/mol. The standard InChI is InChI=1S/C20H16ClNO4S/c1-25-14-3-2-4-15(10-14)27(24)18-9-13(21)7-8-16(18)19(23)17-11-22-26-20(17)12-5-6-12/h2-4,7-12H,5-6H2,1H3. The summed E-state index contributed by atoms with van der Waals surface area (Å²) >= 11 is 4.53. The molecule has 1 saturated carbocycles. The Morgan fingerprint density at radius 1 is 1.26 bits per heavy atom. The largest absolute Gasteiger partial charge is 0.606 e. The third-order valence-corrected chi connectivity index (χ3v) is 6.09. The lowest BCUT2D eigenvalue weighted by Crippen LogP contribution is -2.12. The summed E-state index contributed by atoms with van der Waals surface area (Å²) in [5.41, 5.74) is 0.745. The molecule has 1 atom stereocenters. The van der Waals surface area contributed by atoms with Crippen molar-refractivity contribution in [2.75, 3.05) is 7.11 Å². The first-order valence-electron chi connectivity index (χ1n) is 8.43. The molecule has 1 unspecified atom stereocenters. The van der Waals surface area contributed by atoms with E-state index in [2.05, 4.69) is 5.16 Å². The van der Waals surface area contributed by atoms with Gasteiger partial charge < -0.3 is 13.8 Å². The SMILES string of the molecule is COc1cccc([S+]([O-])c2cc(Cl)ccc2C(=O)c2cnoc2C2CC2)c1. The van der Waals surface area contributed by atoms with E-state index in [0.717, 1.165) is 12.8 Å². The number of hydrogen-bond acceptors (Lipinski definition) is 5. The van der Waals surface area contributed by atoms with Crippen molar-refractivity contribution in [2.45, 2.75) is 28.6 Å². The molecule has 27 heavy (non-hydrogen) atoms. The quantitative estimate of drug-likeness (QED) is 0.445. The van der Waals surface area contributed by atoms with Gasteiger partial charge in [-0.25, -0.2) is 0 Å². The van der Waals surface area contributed by atoms with Crippen molar-refractivity contribution >= 4 is 28.6 Å². The van der Waals surface area contributed by atoms with Gasteiger partial charge in [0.05, 0.1) is 24.4 Å². The van der Waals surface area contributed by atoms with Gasteiger partial charge in [-0.1, -0.05) is 22.8 Å². The van der Waals surface area contributed by atoms with Crippen LogP contribution in [-0.4, -0.2) is 22.6 Å². The molecule has 1 aromatic heterocycles. The first kappa shape index (κ1) is 18.1. The normalized spacial score (nSPS) is 14.8. The number of ether oxygens (including phenoxy) is 1. The Balaban J connectivity index is 1.76. The van der Waals surface area contributed by atoms with Crippen LogP contribution < -0.4 is 4.74 Å². The van der Waals surface area contributed by atoms with E-state index < -0.39 is 11.2 Å². The Bertz CT molecular complexity index is 999. The summed E-state index contributed by atoms with van der Waals surface area (Å²) in [6.07, 6.45) is 3.40. The van der Waals surface area contributed by atoms with Crippen molar-refractivity contribution in [3.8, 4) is 5.75 Å². The topological polar surface area (TPSA) is 75.4 Å². The van der Waals surface area contributed by atoms with Gasteiger partial charge in [0, 0.05) is 34.2 Å². The molecule has 0 aliphatic heterocycles. The maximum atomic E-state index is 13.2. The van der Waals surface area contributed by atoms with Gasteiger partial charge in [-0.3, -0.25) is 4.79 Å². The lowest BCUT2D eigenvalue weighted by Gasteiger charge is -2.14. The summed E-state index contributed by atoms with van der Waals surface area (Å²) < 4.78 is 23.7. The van der Waals surface area contributed by atoms with Crippen molar-refractivity contribution in [1.82, 2.24) is 5.16 Å². The Morgan fingerprint density at radius 2 is 2.07 bits per heavy atom. The molecule has 1 aliphatic carbocycles. The molecule has 1 aliphatic rings. The molecule has 0 bridgehead atoms. The number of rotatable bonds is 6. The van der Waals surface area contributed by atoms with E-state index in [-0.39, 0.29) is 11.7 Å². The van der Waals surface area contributed by atoms with E-state index in [4.69, 9.17) is 20.9 Å². The first-order valence-corrected chi connectivity index (χ1v) is 9.96. The van der Waals surface area contributed by atoms with Gasteiger partial charge in [-0.2, -0.15) is 0 Å². The van der Waals surface area contributed by atoms with E-state index in [0.29, 0.717) is 37.5 Å². The average Bonchev–Trinajstić information content (AvgIpc) is 3.43. The van der Waals surface area contributed by atoms with Crippen LogP contribution in [0.5, 0.6) is 5.75 Å². The molecular weight excluding hydrogens is 386 g/mol. The van der Waals surface area contributed by atoms with Crippen LogP contribution in [0.3, 0.4) is 0 Å². The monoisotopic (exact) mass is 401 g/mol. The highest BCUT2D eigenvalue weighted by atomic mass is 35.5. The van der Waals surface area contributed by atoms with Crippen LogP contribution in [0, 0.1) is 0 Å². The predicted octanol–water partition coefficient (Wildman–Crippen LogP) is 4.61. The Hall–Kier alpha value is -2.28. The molecule has 2 aromatic carbocycles. The van der Waals surface area contributed by atoms with Crippen molar-refractivity contribution in [3.05, 3.63) is 70.6 Å². The number of carbonyl (C=O) groups excluding carboxylic acids is 1. The number of halogens is 1. The van der Waals surface area contributed by atoms with Gasteiger partial charge in [0.2, 0.25) is 5.78 Å². The van der Waals surface area contributed by atoms with E-state index in [1.54, 1.807) is 49.6 Å². The van der Waals surface area contributed by atoms with Crippen molar-refractivity contribution in [2.24, 2.45) is 0 Å². The fraction of sp³-hybridized carbons (Fsp3) is 0.200. The van der Waals surface area contributed by atoms with Gasteiger partial charge >= 0.3 is 0 Å². The van der Waals surface area contributed by atoms with Crippen molar-refractivity contribution in [3.63, 3.8) is 0 Å². The molecule has 5 nitrogen and oxygen atoms in total. The number of aromatic nitrogens is 1.